The number of benzene rings is 2. The van der Waals surface area contributed by atoms with Crippen LogP contribution in [0.2, 0.25) is 0 Å². The molecule has 0 saturated heterocycles. The van der Waals surface area contributed by atoms with Crippen LogP contribution in [0, 0.1) is 0 Å². The normalized spacial score (nSPS) is 10.5. The molecule has 0 unspecified atom stereocenters. The molecule has 0 aliphatic heterocycles. The maximum absolute atomic E-state index is 13.2. The minimum Gasteiger partial charge on any atom is -0.356 e. The van der Waals surface area contributed by atoms with Crippen LogP contribution in [0.15, 0.2) is 95.4 Å². The number of pyridine rings is 1. The Morgan fingerprint density at radius 1 is 1.00 bits per heavy atom. The van der Waals surface area contributed by atoms with Crippen LogP contribution >= 0.6 is 0 Å². The molecule has 0 atom stereocenters. The summed E-state index contributed by atoms with van der Waals surface area (Å²) in [6.07, 6.45) is 5.05. The molecule has 0 aliphatic carbocycles. The van der Waals surface area contributed by atoms with Gasteiger partial charge in [-0.05, 0) is 35.9 Å². The van der Waals surface area contributed by atoms with E-state index in [1.54, 1.807) is 16.7 Å². The first-order valence-corrected chi connectivity index (χ1v) is 9.55. The maximum Gasteiger partial charge on any atom is 0.274 e. The van der Waals surface area contributed by atoms with Crippen LogP contribution in [0.1, 0.15) is 17.0 Å². The zero-order chi connectivity index (χ0) is 20.9. The Morgan fingerprint density at radius 3 is 2.37 bits per heavy atom. The van der Waals surface area contributed by atoms with Gasteiger partial charge in [-0.25, -0.2) is 0 Å². The fraction of sp³-hybridized carbons (Fsp3) is 0.0400. The topological polar surface area (TPSA) is 60.1 Å². The third-order valence-corrected chi connectivity index (χ3v) is 4.75. The Balaban J connectivity index is 1.88. The first-order valence-electron chi connectivity index (χ1n) is 9.55. The first kappa shape index (κ1) is 19.2. The van der Waals surface area contributed by atoms with Crippen molar-refractivity contribution in [2.24, 2.45) is 0 Å². The number of anilines is 2. The van der Waals surface area contributed by atoms with Gasteiger partial charge in [-0.15, -0.1) is 0 Å². The number of hydrogen-bond acceptors (Lipinski definition) is 4. The summed E-state index contributed by atoms with van der Waals surface area (Å²) in [6.45, 7) is 8.07. The van der Waals surface area contributed by atoms with Gasteiger partial charge in [0.15, 0.2) is 5.76 Å². The van der Waals surface area contributed by atoms with Crippen molar-refractivity contribution in [3.05, 3.63) is 113 Å². The molecule has 0 radical (unpaired) electrons. The summed E-state index contributed by atoms with van der Waals surface area (Å²) in [7, 11) is 0. The van der Waals surface area contributed by atoms with Crippen LogP contribution in [-0.4, -0.2) is 9.72 Å². The molecule has 2 aromatic heterocycles. The fourth-order valence-electron chi connectivity index (χ4n) is 3.32. The predicted molar refractivity (Wildman–Crippen MR) is 122 cm³/mol. The molecule has 148 valence electrons. The molecule has 30 heavy (non-hydrogen) atoms. The molecule has 4 rings (SSSR count). The van der Waals surface area contributed by atoms with Gasteiger partial charge in [0.1, 0.15) is 11.4 Å². The molecule has 0 saturated carbocycles. The zero-order valence-corrected chi connectivity index (χ0v) is 16.4. The van der Waals surface area contributed by atoms with E-state index in [1.165, 1.54) is 0 Å². The van der Waals surface area contributed by atoms with E-state index in [0.717, 1.165) is 22.4 Å². The molecule has 0 aliphatic rings. The lowest BCUT2D eigenvalue weighted by atomic mass is 10.0. The van der Waals surface area contributed by atoms with Crippen LogP contribution in [0.5, 0.6) is 0 Å². The lowest BCUT2D eigenvalue weighted by Crippen LogP contribution is -2.23. The van der Waals surface area contributed by atoms with Crippen molar-refractivity contribution in [2.45, 2.75) is 6.54 Å². The highest BCUT2D eigenvalue weighted by atomic mass is 16.5. The van der Waals surface area contributed by atoms with Crippen molar-refractivity contribution in [1.82, 2.24) is 9.72 Å². The first-order chi connectivity index (χ1) is 14.7. The summed E-state index contributed by atoms with van der Waals surface area (Å²) in [5.41, 5.74) is 4.33. The van der Waals surface area contributed by atoms with Crippen LogP contribution in [0.25, 0.3) is 23.3 Å². The van der Waals surface area contributed by atoms with Crippen molar-refractivity contribution >= 4 is 23.5 Å². The van der Waals surface area contributed by atoms with Gasteiger partial charge in [0, 0.05) is 17.4 Å². The van der Waals surface area contributed by atoms with Crippen molar-refractivity contribution in [2.75, 3.05) is 5.32 Å². The van der Waals surface area contributed by atoms with Crippen LogP contribution < -0.4 is 10.9 Å². The summed E-state index contributed by atoms with van der Waals surface area (Å²) in [4.78, 5) is 13.2. The highest BCUT2D eigenvalue weighted by Gasteiger charge is 2.17. The van der Waals surface area contributed by atoms with Crippen molar-refractivity contribution in [3.8, 4) is 11.1 Å². The van der Waals surface area contributed by atoms with Gasteiger partial charge in [-0.2, -0.15) is 0 Å². The predicted octanol–water partition coefficient (Wildman–Crippen LogP) is 5.58. The third kappa shape index (κ3) is 3.86. The summed E-state index contributed by atoms with van der Waals surface area (Å²) in [5.74, 6) is 0.528. The smallest absolute Gasteiger partial charge is 0.274 e. The molecule has 0 spiro atoms. The average molecular weight is 395 g/mol. The highest BCUT2D eigenvalue weighted by molar-refractivity contribution is 5.80. The number of nitrogens with zero attached hydrogens (tertiary/aromatic N) is 2. The number of aromatic nitrogens is 2. The summed E-state index contributed by atoms with van der Waals surface area (Å²) in [6, 6.07) is 21.3. The van der Waals surface area contributed by atoms with Gasteiger partial charge in [-0.1, -0.05) is 66.8 Å². The highest BCUT2D eigenvalue weighted by Crippen LogP contribution is 2.30. The number of rotatable bonds is 7. The van der Waals surface area contributed by atoms with E-state index in [9.17, 15) is 4.79 Å². The van der Waals surface area contributed by atoms with E-state index >= 15 is 0 Å². The van der Waals surface area contributed by atoms with E-state index in [0.29, 0.717) is 23.7 Å². The van der Waals surface area contributed by atoms with Crippen molar-refractivity contribution in [1.29, 1.82) is 0 Å². The van der Waals surface area contributed by atoms with Crippen molar-refractivity contribution in [3.63, 3.8) is 0 Å². The van der Waals surface area contributed by atoms with E-state index in [1.807, 2.05) is 72.9 Å². The van der Waals surface area contributed by atoms with Crippen LogP contribution in [0.3, 0.4) is 0 Å². The minimum absolute atomic E-state index is 0.122. The molecule has 0 bridgehead atoms. The number of nitrogens with one attached hydrogen (secondary N) is 1. The Bertz CT molecular complexity index is 1150. The lowest BCUT2D eigenvalue weighted by Gasteiger charge is -2.13. The molecule has 0 amide bonds. The summed E-state index contributed by atoms with van der Waals surface area (Å²) < 4.78 is 7.07. The third-order valence-electron chi connectivity index (χ3n) is 4.75. The average Bonchev–Trinajstić information content (AvgIpc) is 3.21. The molecular formula is C25H21N3O2. The van der Waals surface area contributed by atoms with Gasteiger partial charge >= 0.3 is 0 Å². The van der Waals surface area contributed by atoms with Gasteiger partial charge in [0.2, 0.25) is 0 Å². The zero-order valence-electron chi connectivity index (χ0n) is 16.4. The molecule has 1 N–H and O–H groups in total. The van der Waals surface area contributed by atoms with E-state index < -0.39 is 0 Å². The quantitative estimate of drug-likeness (QED) is 0.444. The largest absolute Gasteiger partial charge is 0.356 e. The van der Waals surface area contributed by atoms with Crippen LogP contribution in [0.4, 0.5) is 11.4 Å². The van der Waals surface area contributed by atoms with Gasteiger partial charge in [-0.3, -0.25) is 4.79 Å². The summed E-state index contributed by atoms with van der Waals surface area (Å²) >= 11 is 0. The molecule has 5 nitrogen and oxygen atoms in total. The molecule has 4 aromatic rings. The molecule has 2 aromatic carbocycles. The number of hydrogen-bond donors (Lipinski definition) is 1. The Hall–Kier alpha value is -4.12. The van der Waals surface area contributed by atoms with Gasteiger partial charge in [0.05, 0.1) is 12.1 Å². The Morgan fingerprint density at radius 2 is 1.70 bits per heavy atom. The van der Waals surface area contributed by atoms with Crippen molar-refractivity contribution < 1.29 is 4.52 Å². The van der Waals surface area contributed by atoms with Gasteiger partial charge in [0.25, 0.3) is 5.56 Å². The minimum atomic E-state index is -0.122. The fourth-order valence-corrected chi connectivity index (χ4v) is 3.32. The van der Waals surface area contributed by atoms with Gasteiger partial charge < -0.3 is 14.4 Å². The Kier molecular flexibility index (Phi) is 5.44. The Labute approximate surface area is 174 Å². The second-order valence-electron chi connectivity index (χ2n) is 6.77. The van der Waals surface area contributed by atoms with E-state index in [4.69, 9.17) is 4.52 Å². The summed E-state index contributed by atoms with van der Waals surface area (Å²) in [5, 5.41) is 7.30. The molecule has 2 heterocycles. The SMILES string of the molecule is C=Cc1noc(C=C)c1-c1cc(Nc2ccccc2)c(=O)n(Cc2ccccc2)c1. The second kappa shape index (κ2) is 8.49. The second-order valence-corrected chi connectivity index (χ2v) is 6.77. The molecule has 5 heteroatoms. The number of para-hydroxylation sites is 1. The van der Waals surface area contributed by atoms with Crippen LogP contribution in [-0.2, 0) is 6.54 Å². The monoisotopic (exact) mass is 395 g/mol. The lowest BCUT2D eigenvalue weighted by molar-refractivity contribution is 0.412. The maximum atomic E-state index is 13.2. The molecule has 0 fully saturated rings. The van der Waals surface area contributed by atoms with E-state index in [-0.39, 0.29) is 5.56 Å². The molecular weight excluding hydrogens is 374 g/mol. The van der Waals surface area contributed by atoms with E-state index in [2.05, 4.69) is 23.6 Å². The standard InChI is InChI=1S/C25H21N3O2/c1-3-21-24(23(4-2)30-27-21)19-15-22(26-20-13-9-6-10-14-20)25(29)28(17-19)16-18-11-7-5-8-12-18/h3-15,17,26H,1-2,16H2.